The molecule has 2 aliphatic rings. The van der Waals surface area contributed by atoms with Gasteiger partial charge in [-0.15, -0.1) is 0 Å². The Balaban J connectivity index is 0.00000240. The summed E-state index contributed by atoms with van der Waals surface area (Å²) in [6.45, 7) is 0.953. The minimum absolute atomic E-state index is 0. The monoisotopic (exact) mass is 421 g/mol. The van der Waals surface area contributed by atoms with Gasteiger partial charge in [-0.25, -0.2) is 0 Å². The maximum absolute atomic E-state index is 10.1. The summed E-state index contributed by atoms with van der Waals surface area (Å²) in [6, 6.07) is 4.41. The highest BCUT2D eigenvalue weighted by Gasteiger charge is 2.41. The van der Waals surface area contributed by atoms with Gasteiger partial charge >= 0.3 is 0 Å². The van der Waals surface area contributed by atoms with E-state index < -0.39 is 0 Å². The molecule has 4 rings (SSSR count). The van der Waals surface area contributed by atoms with Crippen molar-refractivity contribution in [3.8, 4) is 34.1 Å². The number of methoxy groups -OCH3 is 4. The number of hydrogen-bond donors (Lipinski definition) is 2. The first-order valence-electron chi connectivity index (χ1n) is 9.57. The summed E-state index contributed by atoms with van der Waals surface area (Å²) in [5.41, 5.74) is 6.66. The van der Waals surface area contributed by atoms with E-state index in [2.05, 4.69) is 13.1 Å². The molecule has 1 aliphatic heterocycles. The zero-order valence-corrected chi connectivity index (χ0v) is 18.3. The molecule has 0 radical (unpaired) electrons. The van der Waals surface area contributed by atoms with Crippen molar-refractivity contribution in [1.82, 2.24) is 0 Å². The molecule has 6 nitrogen and oxygen atoms in total. The smallest absolute Gasteiger partial charge is 0.169 e. The van der Waals surface area contributed by atoms with E-state index in [1.54, 1.807) is 28.4 Å². The molecule has 0 saturated heterocycles. The third-order valence-electron chi connectivity index (χ3n) is 6.25. The Hall–Kier alpha value is -2.15. The van der Waals surface area contributed by atoms with Gasteiger partial charge in [0, 0.05) is 29.5 Å². The fourth-order valence-corrected chi connectivity index (χ4v) is 4.90. The summed E-state index contributed by atoms with van der Waals surface area (Å²) in [7, 11) is 8.83. The molecule has 0 amide bonds. The van der Waals surface area contributed by atoms with E-state index in [0.29, 0.717) is 23.3 Å². The molecule has 2 unspecified atom stereocenters. The van der Waals surface area contributed by atoms with Crippen LogP contribution in [-0.2, 0) is 19.4 Å². The van der Waals surface area contributed by atoms with Gasteiger partial charge in [-0.3, -0.25) is 0 Å². The molecule has 0 fully saturated rings. The number of hydrogen-bond acceptors (Lipinski definition) is 5. The Morgan fingerprint density at radius 3 is 2.24 bits per heavy atom. The van der Waals surface area contributed by atoms with Crippen molar-refractivity contribution >= 4 is 0 Å². The first-order chi connectivity index (χ1) is 13.6. The number of fused-ring (bicyclic) bond motifs is 2. The van der Waals surface area contributed by atoms with Crippen LogP contribution in [0.3, 0.4) is 0 Å². The minimum Gasteiger partial charge on any atom is -1.00 e. The number of rotatable bonds is 5. The van der Waals surface area contributed by atoms with Gasteiger partial charge in [-0.1, -0.05) is 0 Å². The first kappa shape index (κ1) is 21.6. The van der Waals surface area contributed by atoms with Gasteiger partial charge in [0.2, 0.25) is 0 Å². The van der Waals surface area contributed by atoms with Crippen LogP contribution in [-0.4, -0.2) is 47.1 Å². The highest BCUT2D eigenvalue weighted by atomic mass is 35.5. The Labute approximate surface area is 177 Å². The molecule has 0 aromatic heterocycles. The highest BCUT2D eigenvalue weighted by molar-refractivity contribution is 5.86. The molecule has 2 N–H and O–H groups in total. The maximum atomic E-state index is 10.1. The molecule has 29 heavy (non-hydrogen) atoms. The molecule has 0 spiro atoms. The van der Waals surface area contributed by atoms with E-state index in [9.17, 15) is 5.11 Å². The largest absolute Gasteiger partial charge is 1.00 e. The number of aliphatic hydroxyl groups is 1. The average Bonchev–Trinajstić information content (AvgIpc) is 2.73. The second kappa shape index (κ2) is 8.30. The SMILES string of the molecule is COc1cc2c(cc1OC)-c1c(OC)c(OC)c(CO)c3c1C(C2)[NH+](C)CC3.[Cl-]. The van der Waals surface area contributed by atoms with Crippen molar-refractivity contribution in [2.24, 2.45) is 0 Å². The number of halogens is 1. The normalized spacial score (nSPS) is 18.8. The lowest BCUT2D eigenvalue weighted by Crippen LogP contribution is -3.10. The fraction of sp³-hybridized carbons (Fsp3) is 0.455. The second-order valence-electron chi connectivity index (χ2n) is 7.44. The predicted molar refractivity (Wildman–Crippen MR) is 106 cm³/mol. The van der Waals surface area contributed by atoms with E-state index in [4.69, 9.17) is 18.9 Å². The lowest BCUT2D eigenvalue weighted by molar-refractivity contribution is -0.914. The van der Waals surface area contributed by atoms with Gasteiger partial charge in [0.15, 0.2) is 23.0 Å². The summed E-state index contributed by atoms with van der Waals surface area (Å²) < 4.78 is 22.7. The predicted octanol–water partition coefficient (Wildman–Crippen LogP) is -1.45. The van der Waals surface area contributed by atoms with Crippen LogP contribution >= 0.6 is 0 Å². The van der Waals surface area contributed by atoms with Crippen LogP contribution in [0.4, 0.5) is 0 Å². The van der Waals surface area contributed by atoms with Crippen molar-refractivity contribution in [3.63, 3.8) is 0 Å². The van der Waals surface area contributed by atoms with Crippen molar-refractivity contribution in [1.29, 1.82) is 0 Å². The van der Waals surface area contributed by atoms with Crippen LogP contribution in [0.2, 0.25) is 0 Å². The molecule has 2 aromatic carbocycles. The van der Waals surface area contributed by atoms with Gasteiger partial charge < -0.3 is 41.4 Å². The fourth-order valence-electron chi connectivity index (χ4n) is 4.90. The highest BCUT2D eigenvalue weighted by Crippen LogP contribution is 2.53. The molecule has 1 aliphatic carbocycles. The van der Waals surface area contributed by atoms with Crippen LogP contribution in [0.15, 0.2) is 12.1 Å². The average molecular weight is 422 g/mol. The second-order valence-corrected chi connectivity index (χ2v) is 7.44. The van der Waals surface area contributed by atoms with Crippen molar-refractivity contribution in [2.75, 3.05) is 42.0 Å². The molecule has 158 valence electrons. The molecular weight excluding hydrogens is 394 g/mol. The standard InChI is InChI=1S/C22H27NO5.ClH/c1-23-7-6-13-15(11-24)21(27-4)22(28-5)20-14-10-18(26-3)17(25-2)9-12(14)8-16(23)19(13)20;/h9-10,16,24H,6-8,11H2,1-5H3;1H. The number of nitrogens with one attached hydrogen (secondary N) is 1. The molecule has 0 bridgehead atoms. The molecular formula is C22H28ClNO5. The maximum Gasteiger partial charge on any atom is 0.169 e. The summed E-state index contributed by atoms with van der Waals surface area (Å²) >= 11 is 0. The van der Waals surface area contributed by atoms with Gasteiger partial charge in [0.05, 0.1) is 48.6 Å². The van der Waals surface area contributed by atoms with Crippen LogP contribution in [0, 0.1) is 0 Å². The zero-order valence-electron chi connectivity index (χ0n) is 17.5. The summed E-state index contributed by atoms with van der Waals surface area (Å²) in [5, 5.41) is 10.1. The Morgan fingerprint density at radius 1 is 1.00 bits per heavy atom. The molecule has 2 aromatic rings. The Kier molecular flexibility index (Phi) is 6.17. The quantitative estimate of drug-likeness (QED) is 0.619. The van der Waals surface area contributed by atoms with Gasteiger partial charge in [-0.2, -0.15) is 0 Å². The van der Waals surface area contributed by atoms with Crippen LogP contribution in [0.1, 0.15) is 28.3 Å². The van der Waals surface area contributed by atoms with Gasteiger partial charge in [0.1, 0.15) is 6.04 Å². The minimum atomic E-state index is -0.0628. The van der Waals surface area contributed by atoms with Gasteiger partial charge in [-0.05, 0) is 28.8 Å². The third-order valence-corrected chi connectivity index (χ3v) is 6.25. The Morgan fingerprint density at radius 2 is 1.66 bits per heavy atom. The molecule has 7 heteroatoms. The number of aliphatic hydroxyl groups excluding tert-OH is 1. The first-order valence-corrected chi connectivity index (χ1v) is 9.57. The van der Waals surface area contributed by atoms with Crippen molar-refractivity contribution < 1.29 is 41.4 Å². The van der Waals surface area contributed by atoms with E-state index in [-0.39, 0.29) is 19.0 Å². The summed E-state index contributed by atoms with van der Waals surface area (Å²) in [4.78, 5) is 1.46. The van der Waals surface area contributed by atoms with Crippen LogP contribution < -0.4 is 36.3 Å². The van der Waals surface area contributed by atoms with Crippen molar-refractivity contribution in [2.45, 2.75) is 25.5 Å². The molecule has 2 atom stereocenters. The van der Waals surface area contributed by atoms with E-state index in [1.807, 2.05) is 6.07 Å². The topological polar surface area (TPSA) is 61.6 Å². The van der Waals surface area contributed by atoms with E-state index in [1.165, 1.54) is 21.6 Å². The van der Waals surface area contributed by atoms with Gasteiger partial charge in [0.25, 0.3) is 0 Å². The molecule has 1 heterocycles. The van der Waals surface area contributed by atoms with Crippen LogP contribution in [0.25, 0.3) is 11.1 Å². The number of quaternary nitrogens is 1. The molecule has 0 saturated carbocycles. The lowest BCUT2D eigenvalue weighted by atomic mass is 9.75. The summed E-state index contributed by atoms with van der Waals surface area (Å²) in [5.74, 6) is 2.73. The summed E-state index contributed by atoms with van der Waals surface area (Å²) in [6.07, 6.45) is 1.81. The van der Waals surface area contributed by atoms with Crippen molar-refractivity contribution in [3.05, 3.63) is 34.4 Å². The van der Waals surface area contributed by atoms with E-state index in [0.717, 1.165) is 41.8 Å². The number of benzene rings is 2. The number of likely N-dealkylation sites (N-methyl/N-ethyl adjacent to an activating group) is 1. The van der Waals surface area contributed by atoms with Crippen LogP contribution in [0.5, 0.6) is 23.0 Å². The van der Waals surface area contributed by atoms with E-state index >= 15 is 0 Å². The Bertz CT molecular complexity index is 930. The third kappa shape index (κ3) is 3.10. The number of ether oxygens (including phenoxy) is 4. The zero-order chi connectivity index (χ0) is 20.0. The lowest BCUT2D eigenvalue weighted by Gasteiger charge is -2.39.